The molecule has 0 aliphatic heterocycles. The molecule has 0 amide bonds. The molecule has 11 aromatic heterocycles. The average molecular weight is 1280 g/mol. The van der Waals surface area contributed by atoms with Crippen molar-refractivity contribution in [2.75, 3.05) is 0 Å². The van der Waals surface area contributed by atoms with E-state index in [9.17, 15) is 0 Å². The topological polar surface area (TPSA) is 142 Å². The van der Waals surface area contributed by atoms with Crippen LogP contribution in [0, 0.1) is 0 Å². The minimum Gasteiger partial charge on any atom is -0.264 e. The SMILES string of the molecule is c1ccc(-c2cc(-c3cccc(-c4ccc5cc(-c6ccc7nc(-c8ccccn8)ccc7c6)ccc5n4)c3)cc(-c3ccccn3)n2)nc1.c1ccc(-c2ccc3cc(-c4ccc5nc(-c6ccc(-c7cc(-c8cccnc8)nc(-c8cccnc8)c7)cc6)ccc5c4)ccc3n2)cc1. The number of hydrogen-bond acceptors (Lipinski definition) is 11. The summed E-state index contributed by atoms with van der Waals surface area (Å²) in [6.07, 6.45) is 12.6. The Labute approximate surface area is 576 Å². The molecule has 18 rings (SSSR count). The molecule has 100 heavy (non-hydrogen) atoms. The van der Waals surface area contributed by atoms with Gasteiger partial charge in [-0.2, -0.15) is 0 Å². The van der Waals surface area contributed by atoms with Gasteiger partial charge in [0.25, 0.3) is 0 Å². The Balaban J connectivity index is 0.000000150. The van der Waals surface area contributed by atoms with Crippen molar-refractivity contribution >= 4 is 43.6 Å². The van der Waals surface area contributed by atoms with Crippen LogP contribution >= 0.6 is 0 Å². The maximum Gasteiger partial charge on any atom is 0.0900 e. The summed E-state index contributed by atoms with van der Waals surface area (Å²) >= 11 is 0. The second-order valence-electron chi connectivity index (χ2n) is 24.3. The predicted molar refractivity (Wildman–Crippen MR) is 404 cm³/mol. The molecule has 0 spiro atoms. The van der Waals surface area contributed by atoms with Crippen LogP contribution < -0.4 is 0 Å². The fourth-order valence-corrected chi connectivity index (χ4v) is 12.7. The van der Waals surface area contributed by atoms with Gasteiger partial charge >= 0.3 is 0 Å². The zero-order chi connectivity index (χ0) is 66.6. The largest absolute Gasteiger partial charge is 0.264 e. The predicted octanol–water partition coefficient (Wildman–Crippen LogP) is 21.3. The second-order valence-corrected chi connectivity index (χ2v) is 24.3. The van der Waals surface area contributed by atoms with Crippen LogP contribution in [0.4, 0.5) is 0 Å². The fourth-order valence-electron chi connectivity index (χ4n) is 12.7. The molecular formula is C89H57N11. The Hall–Kier alpha value is -13.8. The van der Waals surface area contributed by atoms with Gasteiger partial charge in [0.1, 0.15) is 0 Å². The van der Waals surface area contributed by atoms with Gasteiger partial charge in [0, 0.05) is 92.7 Å². The summed E-state index contributed by atoms with van der Waals surface area (Å²) in [6.45, 7) is 0. The monoisotopic (exact) mass is 1280 g/mol. The lowest BCUT2D eigenvalue weighted by Gasteiger charge is -2.11. The van der Waals surface area contributed by atoms with Crippen molar-refractivity contribution < 1.29 is 0 Å². The van der Waals surface area contributed by atoms with Crippen LogP contribution in [0.15, 0.2) is 347 Å². The lowest BCUT2D eigenvalue weighted by atomic mass is 9.98. The summed E-state index contributed by atoms with van der Waals surface area (Å²) in [5, 5.41) is 4.39. The van der Waals surface area contributed by atoms with E-state index in [1.807, 2.05) is 116 Å². The van der Waals surface area contributed by atoms with E-state index in [4.69, 9.17) is 29.9 Å². The summed E-state index contributed by atoms with van der Waals surface area (Å²) in [5.74, 6) is 0. The summed E-state index contributed by atoms with van der Waals surface area (Å²) in [6, 6.07) is 104. The summed E-state index contributed by atoms with van der Waals surface area (Å²) < 4.78 is 0. The molecule has 7 aromatic carbocycles. The molecular weight excluding hydrogens is 1220 g/mol. The first-order chi connectivity index (χ1) is 49.5. The van der Waals surface area contributed by atoms with Crippen LogP contribution in [0.5, 0.6) is 0 Å². The number of fused-ring (bicyclic) bond motifs is 4. The Morgan fingerprint density at radius 1 is 0.150 bits per heavy atom. The van der Waals surface area contributed by atoms with Gasteiger partial charge in [-0.05, 0) is 208 Å². The van der Waals surface area contributed by atoms with E-state index in [-0.39, 0.29) is 0 Å². The molecule has 0 N–H and O–H groups in total. The van der Waals surface area contributed by atoms with Crippen molar-refractivity contribution in [3.63, 3.8) is 0 Å². The van der Waals surface area contributed by atoms with Gasteiger partial charge in [0.15, 0.2) is 0 Å². The standard InChI is InChI=1S/C45H29N5.C44H28N6/c1-2-6-31(7-3-1)40-20-16-35-24-33(14-18-42(35)48-40)34-15-19-43-36(25-34)17-21-41(49-43)32-12-10-30(11-13-32)39-26-44(37-8-4-22-46-28-37)50-45(27-39)38-9-5-23-47-29-38;1-4-21-45-39(10-1)42-20-16-34-26-31(14-18-38(34)49-42)30-13-17-37-33(25-30)15-19-36(48-37)32-9-7-8-29(24-32)35-27-43(40-11-2-5-22-46-40)50-44(28-35)41-12-3-6-23-47-41/h1-29H;1-28H. The summed E-state index contributed by atoms with van der Waals surface area (Å²) in [4.78, 5) is 52.0. The van der Waals surface area contributed by atoms with E-state index in [2.05, 4.69) is 225 Å². The molecule has 11 heterocycles. The van der Waals surface area contributed by atoms with Crippen molar-refractivity contribution in [3.05, 3.63) is 347 Å². The first kappa shape index (κ1) is 59.9. The summed E-state index contributed by atoms with van der Waals surface area (Å²) in [5.41, 5.74) is 27.4. The van der Waals surface area contributed by atoms with Crippen molar-refractivity contribution in [2.45, 2.75) is 0 Å². The van der Waals surface area contributed by atoms with Crippen LogP contribution in [-0.2, 0) is 0 Å². The van der Waals surface area contributed by atoms with E-state index in [1.165, 1.54) is 0 Å². The van der Waals surface area contributed by atoms with Crippen molar-refractivity contribution in [1.82, 2.24) is 54.8 Å². The smallest absolute Gasteiger partial charge is 0.0900 e. The maximum atomic E-state index is 5.09. The minimum absolute atomic E-state index is 0.797. The van der Waals surface area contributed by atoms with Crippen LogP contribution in [0.3, 0.4) is 0 Å². The third kappa shape index (κ3) is 12.7. The Morgan fingerprint density at radius 2 is 0.490 bits per heavy atom. The van der Waals surface area contributed by atoms with Crippen LogP contribution in [-0.4, -0.2) is 54.8 Å². The van der Waals surface area contributed by atoms with E-state index in [0.717, 1.165) is 179 Å². The Kier molecular flexibility index (Phi) is 16.1. The lowest BCUT2D eigenvalue weighted by molar-refractivity contribution is 1.22. The maximum absolute atomic E-state index is 5.09. The lowest BCUT2D eigenvalue weighted by Crippen LogP contribution is -1.94. The number of aromatic nitrogens is 11. The van der Waals surface area contributed by atoms with E-state index in [0.29, 0.717) is 0 Å². The number of rotatable bonds is 12. The van der Waals surface area contributed by atoms with Gasteiger partial charge in [-0.3, -0.25) is 24.9 Å². The van der Waals surface area contributed by atoms with Crippen molar-refractivity contribution in [3.8, 4) is 135 Å². The highest BCUT2D eigenvalue weighted by molar-refractivity contribution is 5.93. The van der Waals surface area contributed by atoms with Gasteiger partial charge in [0.05, 0.1) is 84.7 Å². The van der Waals surface area contributed by atoms with Crippen LogP contribution in [0.25, 0.3) is 179 Å². The molecule has 0 bridgehead atoms. The minimum atomic E-state index is 0.797. The molecule has 468 valence electrons. The first-order valence-electron chi connectivity index (χ1n) is 33.0. The molecule has 0 aliphatic rings. The molecule has 18 aromatic rings. The van der Waals surface area contributed by atoms with Crippen molar-refractivity contribution in [1.29, 1.82) is 0 Å². The van der Waals surface area contributed by atoms with Gasteiger partial charge in [-0.25, -0.2) is 29.9 Å². The molecule has 0 saturated carbocycles. The average Bonchev–Trinajstić information content (AvgIpc) is 0.875. The number of nitrogens with zero attached hydrogens (tertiary/aromatic N) is 11. The van der Waals surface area contributed by atoms with Crippen molar-refractivity contribution in [2.24, 2.45) is 0 Å². The Bertz CT molecular complexity index is 5890. The number of pyridine rings is 11. The normalized spacial score (nSPS) is 11.2. The van der Waals surface area contributed by atoms with Gasteiger partial charge in [-0.15, -0.1) is 0 Å². The Morgan fingerprint density at radius 3 is 0.940 bits per heavy atom. The third-order valence-electron chi connectivity index (χ3n) is 17.8. The van der Waals surface area contributed by atoms with Gasteiger partial charge in [-0.1, -0.05) is 140 Å². The molecule has 0 unspecified atom stereocenters. The highest BCUT2D eigenvalue weighted by Crippen LogP contribution is 2.37. The molecule has 0 atom stereocenters. The van der Waals surface area contributed by atoms with E-state index >= 15 is 0 Å². The van der Waals surface area contributed by atoms with E-state index in [1.54, 1.807) is 31.0 Å². The first-order valence-corrected chi connectivity index (χ1v) is 33.0. The van der Waals surface area contributed by atoms with Gasteiger partial charge in [0.2, 0.25) is 0 Å². The highest BCUT2D eigenvalue weighted by atomic mass is 14.8. The number of benzene rings is 7. The summed E-state index contributed by atoms with van der Waals surface area (Å²) in [7, 11) is 0. The molecule has 0 aliphatic carbocycles. The molecule has 0 saturated heterocycles. The van der Waals surface area contributed by atoms with Crippen LogP contribution in [0.1, 0.15) is 0 Å². The highest BCUT2D eigenvalue weighted by Gasteiger charge is 2.16. The number of hydrogen-bond donors (Lipinski definition) is 0. The fraction of sp³-hybridized carbons (Fsp3) is 0. The second kappa shape index (κ2) is 26.8. The third-order valence-corrected chi connectivity index (χ3v) is 17.8. The zero-order valence-electron chi connectivity index (χ0n) is 53.8. The van der Waals surface area contributed by atoms with E-state index < -0.39 is 0 Å². The molecule has 0 fully saturated rings. The van der Waals surface area contributed by atoms with Crippen LogP contribution in [0.2, 0.25) is 0 Å². The quantitative estimate of drug-likeness (QED) is 0.115. The molecule has 11 nitrogen and oxygen atoms in total. The molecule has 11 heteroatoms. The van der Waals surface area contributed by atoms with Gasteiger partial charge < -0.3 is 0 Å². The zero-order valence-corrected chi connectivity index (χ0v) is 53.8. The molecule has 0 radical (unpaired) electrons.